The summed E-state index contributed by atoms with van der Waals surface area (Å²) in [5, 5.41) is 0. The van der Waals surface area contributed by atoms with Crippen molar-refractivity contribution < 1.29 is 4.39 Å². The number of hydrogen-bond acceptors (Lipinski definition) is 1. The Hall–Kier alpha value is 0.360. The van der Waals surface area contributed by atoms with E-state index in [4.69, 9.17) is 0 Å². The lowest BCUT2D eigenvalue weighted by Crippen LogP contribution is -2.37. The maximum Gasteiger partial charge on any atom is 0.134 e. The first-order valence-corrected chi connectivity index (χ1v) is 4.77. The zero-order chi connectivity index (χ0) is 8.48. The third kappa shape index (κ3) is 2.15. The van der Waals surface area contributed by atoms with Gasteiger partial charge in [-0.25, -0.2) is 7.50 Å². The highest BCUT2D eigenvalue weighted by Gasteiger charge is 2.34. The molecule has 1 nitrogen and oxygen atoms in total. The van der Waals surface area contributed by atoms with E-state index in [0.29, 0.717) is 18.4 Å². The molecule has 0 unspecified atom stereocenters. The molecule has 0 aromatic heterocycles. The highest BCUT2D eigenvalue weighted by molar-refractivity contribution is 14.1. The fourth-order valence-electron chi connectivity index (χ4n) is 1.26. The van der Waals surface area contributed by atoms with Crippen molar-refractivity contribution in [2.24, 2.45) is 0 Å². The van der Waals surface area contributed by atoms with Gasteiger partial charge in [-0.15, -0.1) is 0 Å². The molecule has 3 heteroatoms. The van der Waals surface area contributed by atoms with Crippen molar-refractivity contribution in [3.8, 4) is 0 Å². The number of allylic oxidation sites excluding steroid dienone is 1. The van der Waals surface area contributed by atoms with Crippen LogP contribution in [0.4, 0.5) is 4.39 Å². The second-order valence-electron chi connectivity index (χ2n) is 3.16. The van der Waals surface area contributed by atoms with Gasteiger partial charge in [0.25, 0.3) is 0 Å². The molecule has 0 bridgehead atoms. The predicted molar refractivity (Wildman–Crippen MR) is 53.5 cm³/mol. The first-order chi connectivity index (χ1) is 5.04. The molecule has 1 heterocycles. The largest absolute Gasteiger partial charge is 0.247 e. The predicted octanol–water partition coefficient (Wildman–Crippen LogP) is 2.72. The van der Waals surface area contributed by atoms with Crippen molar-refractivity contribution in [3.05, 3.63) is 12.2 Å². The molecule has 1 aliphatic heterocycles. The molecule has 0 saturated carbocycles. The molecule has 0 radical (unpaired) electrons. The van der Waals surface area contributed by atoms with Crippen molar-refractivity contribution in [2.75, 3.05) is 13.1 Å². The summed E-state index contributed by atoms with van der Waals surface area (Å²) in [4.78, 5) is 0. The summed E-state index contributed by atoms with van der Waals surface area (Å²) < 4.78 is 15.9. The van der Waals surface area contributed by atoms with E-state index in [1.54, 1.807) is 6.92 Å². The summed E-state index contributed by atoms with van der Waals surface area (Å²) >= 11 is 2.23. The van der Waals surface area contributed by atoms with Gasteiger partial charge >= 0.3 is 0 Å². The van der Waals surface area contributed by atoms with Crippen LogP contribution >= 0.6 is 22.9 Å². The third-order valence-electron chi connectivity index (χ3n) is 2.27. The molecule has 0 spiro atoms. The number of hydrogen-bond donors (Lipinski definition) is 0. The SMILES string of the molecule is C=C(C)C1(F)CCN(I)CC1. The van der Waals surface area contributed by atoms with Crippen molar-refractivity contribution in [3.63, 3.8) is 0 Å². The van der Waals surface area contributed by atoms with Crippen LogP contribution in [0, 0.1) is 0 Å². The minimum Gasteiger partial charge on any atom is -0.247 e. The van der Waals surface area contributed by atoms with Crippen LogP contribution in [0.25, 0.3) is 0 Å². The normalized spacial score (nSPS) is 25.0. The summed E-state index contributed by atoms with van der Waals surface area (Å²) in [6.07, 6.45) is 1.20. The number of nitrogens with zero attached hydrogens (tertiary/aromatic N) is 1. The van der Waals surface area contributed by atoms with Gasteiger partial charge in [0.2, 0.25) is 0 Å². The average Bonchev–Trinajstić information content (AvgIpc) is 1.95. The zero-order valence-corrected chi connectivity index (χ0v) is 8.90. The number of alkyl halides is 1. The Labute approximate surface area is 81.1 Å². The lowest BCUT2D eigenvalue weighted by Gasteiger charge is -2.33. The van der Waals surface area contributed by atoms with Gasteiger partial charge in [-0.05, 0) is 25.3 Å². The molecule has 1 fully saturated rings. The monoisotopic (exact) mass is 269 g/mol. The molecule has 0 N–H and O–H groups in total. The Balaban J connectivity index is 2.55. The standard InChI is InChI=1S/C8H13FIN/c1-7(2)8(9)3-5-11(10)6-4-8/h1,3-6H2,2H3. The Morgan fingerprint density at radius 3 is 2.36 bits per heavy atom. The van der Waals surface area contributed by atoms with Gasteiger partial charge in [0.05, 0.1) is 0 Å². The van der Waals surface area contributed by atoms with E-state index in [9.17, 15) is 4.39 Å². The fraction of sp³-hybridized carbons (Fsp3) is 0.750. The topological polar surface area (TPSA) is 3.24 Å². The molecule has 0 atom stereocenters. The molecule has 0 amide bonds. The Bertz CT molecular complexity index is 161. The molecule has 64 valence electrons. The van der Waals surface area contributed by atoms with Crippen LogP contribution in [-0.2, 0) is 0 Å². The lowest BCUT2D eigenvalue weighted by molar-refractivity contribution is 0.136. The maximum atomic E-state index is 13.7. The summed E-state index contributed by atoms with van der Waals surface area (Å²) in [5.41, 5.74) is -0.399. The van der Waals surface area contributed by atoms with E-state index in [0.717, 1.165) is 13.1 Å². The molecule has 0 aromatic carbocycles. The van der Waals surface area contributed by atoms with Gasteiger partial charge in [0.15, 0.2) is 0 Å². The molecular weight excluding hydrogens is 256 g/mol. The van der Waals surface area contributed by atoms with Crippen LogP contribution < -0.4 is 0 Å². The van der Waals surface area contributed by atoms with Crippen LogP contribution in [-0.4, -0.2) is 21.9 Å². The van der Waals surface area contributed by atoms with E-state index in [1.165, 1.54) is 0 Å². The Morgan fingerprint density at radius 1 is 1.55 bits per heavy atom. The molecule has 1 rings (SSSR count). The minimum atomic E-state index is -1.08. The van der Waals surface area contributed by atoms with Gasteiger partial charge in [0.1, 0.15) is 5.67 Å². The summed E-state index contributed by atoms with van der Waals surface area (Å²) in [7, 11) is 0. The number of halogens is 2. The van der Waals surface area contributed by atoms with Gasteiger partial charge in [-0.2, -0.15) is 0 Å². The van der Waals surface area contributed by atoms with Crippen LogP contribution in [0.15, 0.2) is 12.2 Å². The maximum absolute atomic E-state index is 13.7. The van der Waals surface area contributed by atoms with Gasteiger partial charge in [-0.3, -0.25) is 0 Å². The van der Waals surface area contributed by atoms with Crippen LogP contribution in [0.5, 0.6) is 0 Å². The smallest absolute Gasteiger partial charge is 0.134 e. The molecule has 0 aromatic rings. The van der Waals surface area contributed by atoms with Gasteiger partial charge in [-0.1, -0.05) is 6.58 Å². The molecule has 1 saturated heterocycles. The highest BCUT2D eigenvalue weighted by Crippen LogP contribution is 2.33. The Morgan fingerprint density at radius 2 is 2.00 bits per heavy atom. The van der Waals surface area contributed by atoms with E-state index >= 15 is 0 Å². The Kier molecular flexibility index (Phi) is 2.91. The average molecular weight is 269 g/mol. The zero-order valence-electron chi connectivity index (χ0n) is 6.74. The first-order valence-electron chi connectivity index (χ1n) is 3.80. The number of rotatable bonds is 1. The molecular formula is C8H13FIN. The summed E-state index contributed by atoms with van der Waals surface area (Å²) in [6.45, 7) is 7.13. The van der Waals surface area contributed by atoms with Gasteiger partial charge < -0.3 is 0 Å². The quantitative estimate of drug-likeness (QED) is 0.402. The van der Waals surface area contributed by atoms with E-state index in [1.807, 2.05) is 0 Å². The summed E-state index contributed by atoms with van der Waals surface area (Å²) in [6, 6.07) is 0. The van der Waals surface area contributed by atoms with Crippen molar-refractivity contribution in [2.45, 2.75) is 25.4 Å². The first kappa shape index (κ1) is 9.45. The fourth-order valence-corrected chi connectivity index (χ4v) is 1.74. The van der Waals surface area contributed by atoms with Crippen molar-refractivity contribution in [1.82, 2.24) is 3.11 Å². The molecule has 1 aliphatic rings. The minimum absolute atomic E-state index is 0.602. The second kappa shape index (κ2) is 3.39. The third-order valence-corrected chi connectivity index (χ3v) is 3.23. The van der Waals surface area contributed by atoms with Crippen LogP contribution in [0.1, 0.15) is 19.8 Å². The van der Waals surface area contributed by atoms with E-state index in [2.05, 4.69) is 32.6 Å². The van der Waals surface area contributed by atoms with Gasteiger partial charge in [0, 0.05) is 36.0 Å². The number of piperidine rings is 1. The molecule has 11 heavy (non-hydrogen) atoms. The second-order valence-corrected chi connectivity index (χ2v) is 4.52. The van der Waals surface area contributed by atoms with E-state index in [-0.39, 0.29) is 0 Å². The summed E-state index contributed by atoms with van der Waals surface area (Å²) in [5.74, 6) is 0. The van der Waals surface area contributed by atoms with Crippen molar-refractivity contribution >= 4 is 22.9 Å². The highest BCUT2D eigenvalue weighted by atomic mass is 127. The van der Waals surface area contributed by atoms with Crippen molar-refractivity contribution in [1.29, 1.82) is 0 Å². The van der Waals surface area contributed by atoms with E-state index < -0.39 is 5.67 Å². The molecule has 0 aliphatic carbocycles. The lowest BCUT2D eigenvalue weighted by atomic mass is 9.88. The van der Waals surface area contributed by atoms with Crippen LogP contribution in [0.3, 0.4) is 0 Å². The van der Waals surface area contributed by atoms with Crippen LogP contribution in [0.2, 0.25) is 0 Å².